The average Bonchev–Trinajstić information content (AvgIpc) is 3.24. The molecular weight excluding hydrogens is 450 g/mol. The number of hydroxylamine groups is 1. The number of urea groups is 1. The summed E-state index contributed by atoms with van der Waals surface area (Å²) in [6, 6.07) is 2.71. The number of imidazole rings is 1. The Balaban J connectivity index is 2.18. The van der Waals surface area contributed by atoms with Gasteiger partial charge in [-0.05, 0) is 49.0 Å². The molecule has 0 bridgehead atoms. The minimum atomic E-state index is -3.28. The van der Waals surface area contributed by atoms with Crippen molar-refractivity contribution in [3.05, 3.63) is 53.6 Å². The van der Waals surface area contributed by atoms with E-state index in [4.69, 9.17) is 5.21 Å². The summed E-state index contributed by atoms with van der Waals surface area (Å²) in [5, 5.41) is 15.1. The van der Waals surface area contributed by atoms with Crippen molar-refractivity contribution in [2.24, 2.45) is 7.05 Å². The lowest BCUT2D eigenvalue weighted by atomic mass is 9.91. The van der Waals surface area contributed by atoms with Gasteiger partial charge < -0.3 is 20.5 Å². The molecule has 0 aliphatic heterocycles. The number of halogens is 2. The highest BCUT2D eigenvalue weighted by Crippen LogP contribution is 2.21. The molecule has 1 unspecified atom stereocenters. The first-order chi connectivity index (χ1) is 16.1. The molecule has 5 N–H and O–H groups in total. The summed E-state index contributed by atoms with van der Waals surface area (Å²) < 4.78 is 29.4. The summed E-state index contributed by atoms with van der Waals surface area (Å²) in [5.74, 6) is 8.61. The topological polar surface area (TPSA) is 137 Å². The summed E-state index contributed by atoms with van der Waals surface area (Å²) in [7, 11) is 3.00. The smallest absolute Gasteiger partial charge is 0.315 e. The van der Waals surface area contributed by atoms with Crippen molar-refractivity contribution < 1.29 is 28.4 Å². The number of benzene rings is 1. The number of carbonyl (C=O) groups is 3. The third kappa shape index (κ3) is 6.54. The maximum absolute atomic E-state index is 13.8. The van der Waals surface area contributed by atoms with Crippen LogP contribution in [0.2, 0.25) is 0 Å². The van der Waals surface area contributed by atoms with E-state index in [-0.39, 0.29) is 5.56 Å². The number of carbonyl (C=O) groups excluding carboxylic acids is 3. The molecule has 0 saturated heterocycles. The predicted octanol–water partition coefficient (Wildman–Crippen LogP) is 0.380. The fourth-order valence-corrected chi connectivity index (χ4v) is 2.71. The number of hydrogen-bond acceptors (Lipinski definition) is 5. The van der Waals surface area contributed by atoms with Crippen LogP contribution in [0.1, 0.15) is 28.5 Å². The summed E-state index contributed by atoms with van der Waals surface area (Å²) in [5.41, 5.74) is -0.202. The Morgan fingerprint density at radius 2 is 1.79 bits per heavy atom. The molecule has 0 aliphatic rings. The molecule has 1 aromatic heterocycles. The lowest BCUT2D eigenvalue weighted by Gasteiger charge is -2.36. The molecule has 1 heterocycles. The van der Waals surface area contributed by atoms with Crippen molar-refractivity contribution in [2.75, 3.05) is 7.05 Å². The van der Waals surface area contributed by atoms with E-state index in [0.717, 1.165) is 6.92 Å². The molecule has 10 nitrogen and oxygen atoms in total. The number of hydrogen-bond donors (Lipinski definition) is 5. The Bertz CT molecular complexity index is 1170. The largest absolute Gasteiger partial charge is 0.341 e. The van der Waals surface area contributed by atoms with Gasteiger partial charge in [0, 0.05) is 31.4 Å². The number of alkyl halides is 2. The predicted molar refractivity (Wildman–Crippen MR) is 117 cm³/mol. The minimum Gasteiger partial charge on any atom is -0.341 e. The van der Waals surface area contributed by atoms with Crippen LogP contribution in [0.25, 0.3) is 0 Å². The average molecular weight is 472 g/mol. The molecule has 2 rings (SSSR count). The number of aryl methyl sites for hydroxylation is 1. The third-order valence-electron chi connectivity index (χ3n) is 4.62. The number of amides is 4. The standard InChI is InChI=1S/C22H22F2N6O4/c1-22(20(23)24,28-21(33)25-2)17(19(32)29-34)27-18(31)15-10-8-14(9-11-15)6-4-5-7-16-12-30(3)13-26-16/h8-13,17,20,34H,1-3H3,(H,27,31)(H,29,32)(H2,25,28,33)/t17-,22?/m1/s1. The van der Waals surface area contributed by atoms with Crippen LogP contribution in [-0.4, -0.2) is 57.7 Å². The van der Waals surface area contributed by atoms with Gasteiger partial charge in [0.05, 0.1) is 6.33 Å². The van der Waals surface area contributed by atoms with E-state index in [1.165, 1.54) is 36.8 Å². The molecular formula is C22H22F2N6O4. The molecule has 0 radical (unpaired) electrons. The van der Waals surface area contributed by atoms with Crippen molar-refractivity contribution in [3.8, 4) is 23.7 Å². The Morgan fingerprint density at radius 1 is 1.15 bits per heavy atom. The van der Waals surface area contributed by atoms with Gasteiger partial charge in [0.15, 0.2) is 0 Å². The highest BCUT2D eigenvalue weighted by atomic mass is 19.3. The van der Waals surface area contributed by atoms with Crippen LogP contribution >= 0.6 is 0 Å². The highest BCUT2D eigenvalue weighted by molar-refractivity contribution is 5.98. The summed E-state index contributed by atoms with van der Waals surface area (Å²) in [6.45, 7) is 0.859. The van der Waals surface area contributed by atoms with Crippen LogP contribution in [-0.2, 0) is 11.8 Å². The van der Waals surface area contributed by atoms with Crippen molar-refractivity contribution in [1.29, 1.82) is 0 Å². The first-order valence-electron chi connectivity index (χ1n) is 9.73. The van der Waals surface area contributed by atoms with E-state index >= 15 is 0 Å². The maximum atomic E-state index is 13.8. The highest BCUT2D eigenvalue weighted by Gasteiger charge is 2.48. The zero-order valence-electron chi connectivity index (χ0n) is 18.4. The zero-order chi connectivity index (χ0) is 25.3. The van der Waals surface area contributed by atoms with Crippen molar-refractivity contribution in [3.63, 3.8) is 0 Å². The lowest BCUT2D eigenvalue weighted by molar-refractivity contribution is -0.135. The van der Waals surface area contributed by atoms with Gasteiger partial charge in [0.2, 0.25) is 0 Å². The fourth-order valence-electron chi connectivity index (χ4n) is 2.71. The van der Waals surface area contributed by atoms with Crippen LogP contribution in [0.3, 0.4) is 0 Å². The van der Waals surface area contributed by atoms with Crippen LogP contribution in [0.4, 0.5) is 13.6 Å². The number of aromatic nitrogens is 2. The molecule has 0 fully saturated rings. The van der Waals surface area contributed by atoms with E-state index in [1.807, 2.05) is 12.4 Å². The third-order valence-corrected chi connectivity index (χ3v) is 4.62. The number of nitrogens with zero attached hydrogens (tertiary/aromatic N) is 2. The quantitative estimate of drug-likeness (QED) is 0.235. The summed E-state index contributed by atoms with van der Waals surface area (Å²) in [6.07, 6.45) is 0.0571. The molecule has 178 valence electrons. The van der Waals surface area contributed by atoms with Gasteiger partial charge in [-0.2, -0.15) is 0 Å². The van der Waals surface area contributed by atoms with Crippen LogP contribution in [0.5, 0.6) is 0 Å². The first kappa shape index (κ1) is 25.8. The van der Waals surface area contributed by atoms with Gasteiger partial charge >= 0.3 is 6.03 Å². The van der Waals surface area contributed by atoms with Crippen LogP contribution < -0.4 is 21.4 Å². The first-order valence-corrected chi connectivity index (χ1v) is 9.73. The molecule has 4 amide bonds. The van der Waals surface area contributed by atoms with Crippen LogP contribution in [0, 0.1) is 23.7 Å². The molecule has 1 aromatic carbocycles. The lowest BCUT2D eigenvalue weighted by Crippen LogP contribution is -2.69. The second-order valence-corrected chi connectivity index (χ2v) is 7.17. The normalized spacial score (nSPS) is 12.7. The second kappa shape index (κ2) is 11.4. The molecule has 2 atom stereocenters. The molecule has 0 spiro atoms. The van der Waals surface area contributed by atoms with Crippen molar-refractivity contribution >= 4 is 17.8 Å². The zero-order valence-corrected chi connectivity index (χ0v) is 18.4. The van der Waals surface area contributed by atoms with E-state index in [2.05, 4.69) is 39.3 Å². The number of nitrogens with one attached hydrogen (secondary N) is 4. The molecule has 34 heavy (non-hydrogen) atoms. The van der Waals surface area contributed by atoms with E-state index in [9.17, 15) is 23.2 Å². The van der Waals surface area contributed by atoms with Gasteiger partial charge in [-0.3, -0.25) is 14.8 Å². The summed E-state index contributed by atoms with van der Waals surface area (Å²) in [4.78, 5) is 40.4. The van der Waals surface area contributed by atoms with E-state index in [0.29, 0.717) is 11.3 Å². The van der Waals surface area contributed by atoms with Gasteiger partial charge in [-0.15, -0.1) is 0 Å². The number of rotatable bonds is 6. The monoisotopic (exact) mass is 472 g/mol. The fraction of sp³-hybridized carbons (Fsp3) is 0.273. The van der Waals surface area contributed by atoms with Crippen molar-refractivity contribution in [1.82, 2.24) is 31.0 Å². The maximum Gasteiger partial charge on any atom is 0.315 e. The van der Waals surface area contributed by atoms with Gasteiger partial charge in [-0.1, -0.05) is 5.92 Å². The molecule has 12 heteroatoms. The van der Waals surface area contributed by atoms with E-state index < -0.39 is 35.9 Å². The molecule has 0 saturated carbocycles. The molecule has 2 aromatic rings. The Labute approximate surface area is 194 Å². The minimum absolute atomic E-state index is 0.0254. The van der Waals surface area contributed by atoms with E-state index in [1.54, 1.807) is 17.1 Å². The SMILES string of the molecule is CNC(=O)NC(C)(C(F)F)[C@H](NC(=O)c1ccc(C#CC#Cc2cn(C)cn2)cc1)C(=O)NO. The van der Waals surface area contributed by atoms with Gasteiger partial charge in [-0.25, -0.2) is 24.0 Å². The van der Waals surface area contributed by atoms with Crippen LogP contribution in [0.15, 0.2) is 36.8 Å². The van der Waals surface area contributed by atoms with Crippen molar-refractivity contribution in [2.45, 2.75) is 24.9 Å². The Morgan fingerprint density at radius 3 is 2.32 bits per heavy atom. The summed E-state index contributed by atoms with van der Waals surface area (Å²) >= 11 is 0. The van der Waals surface area contributed by atoms with Gasteiger partial charge in [0.25, 0.3) is 18.2 Å². The van der Waals surface area contributed by atoms with Gasteiger partial charge in [0.1, 0.15) is 17.3 Å². The second-order valence-electron chi connectivity index (χ2n) is 7.17. The molecule has 0 aliphatic carbocycles. The Kier molecular flexibility index (Phi) is 8.70. The Hall–Kier alpha value is -4.42.